The smallest absolute Gasteiger partial charge is 0.337 e. The monoisotopic (exact) mass is 304 g/mol. The minimum Gasteiger partial charge on any atom is -0.491 e. The van der Waals surface area contributed by atoms with Gasteiger partial charge in [0.25, 0.3) is 5.91 Å². The summed E-state index contributed by atoms with van der Waals surface area (Å²) in [6.45, 7) is 3.43. The Morgan fingerprint density at radius 1 is 1.32 bits per heavy atom. The lowest BCUT2D eigenvalue weighted by atomic mass is 10.1. The summed E-state index contributed by atoms with van der Waals surface area (Å²) in [7, 11) is 0. The summed E-state index contributed by atoms with van der Waals surface area (Å²) in [5, 5.41) is 2.78. The fraction of sp³-hybridized carbons (Fsp3) is 0.267. The van der Waals surface area contributed by atoms with Crippen LogP contribution in [0.5, 0.6) is 5.75 Å². The molecule has 0 atom stereocenters. The maximum absolute atomic E-state index is 12.0. The van der Waals surface area contributed by atoms with E-state index < -0.39 is 17.4 Å². The first kappa shape index (κ1) is 15.6. The summed E-state index contributed by atoms with van der Waals surface area (Å²) in [6, 6.07) is 5.91. The second kappa shape index (κ2) is 6.30. The van der Waals surface area contributed by atoms with E-state index in [1.165, 1.54) is 0 Å². The number of amides is 2. The molecule has 0 aliphatic carbocycles. The van der Waals surface area contributed by atoms with Gasteiger partial charge in [0.15, 0.2) is 0 Å². The van der Waals surface area contributed by atoms with E-state index in [9.17, 15) is 14.4 Å². The van der Waals surface area contributed by atoms with Crippen molar-refractivity contribution in [2.75, 3.05) is 6.54 Å². The number of nitrogens with two attached hydrogens (primary N) is 1. The first-order valence-corrected chi connectivity index (χ1v) is 6.68. The van der Waals surface area contributed by atoms with Crippen LogP contribution in [0, 0.1) is 0 Å². The Kier molecular flexibility index (Phi) is 4.45. The number of carbonyl (C=O) groups is 2. The van der Waals surface area contributed by atoms with Gasteiger partial charge in [-0.25, -0.2) is 4.79 Å². The first-order valence-electron chi connectivity index (χ1n) is 6.68. The van der Waals surface area contributed by atoms with Crippen LogP contribution in [0.1, 0.15) is 24.2 Å². The Morgan fingerprint density at radius 3 is 2.68 bits per heavy atom. The standard InChI is InChI=1S/C15H16N2O5/c1-8(2)21-9-3-4-10-11(15(20)17-7-13(16)18)6-14(19)22-12(10)5-9/h3-6,8H,7H2,1-2H3,(H2,16,18)(H,17,20). The van der Waals surface area contributed by atoms with Crippen molar-refractivity contribution in [2.45, 2.75) is 20.0 Å². The predicted octanol–water partition coefficient (Wildman–Crippen LogP) is 0.795. The molecule has 3 N–H and O–H groups in total. The highest BCUT2D eigenvalue weighted by Crippen LogP contribution is 2.23. The van der Waals surface area contributed by atoms with Gasteiger partial charge in [-0.3, -0.25) is 9.59 Å². The molecule has 0 saturated heterocycles. The van der Waals surface area contributed by atoms with Crippen molar-refractivity contribution in [3.63, 3.8) is 0 Å². The molecule has 0 radical (unpaired) electrons. The number of primary amides is 1. The molecule has 2 amide bonds. The molecule has 1 aromatic carbocycles. The van der Waals surface area contributed by atoms with Gasteiger partial charge in [0.1, 0.15) is 11.3 Å². The average molecular weight is 304 g/mol. The summed E-state index contributed by atoms with van der Waals surface area (Å²) >= 11 is 0. The molecule has 0 saturated carbocycles. The van der Waals surface area contributed by atoms with E-state index in [1.54, 1.807) is 18.2 Å². The zero-order valence-electron chi connectivity index (χ0n) is 12.2. The topological polar surface area (TPSA) is 112 Å². The number of ether oxygens (including phenoxy) is 1. The summed E-state index contributed by atoms with van der Waals surface area (Å²) in [5.74, 6) is -0.720. The van der Waals surface area contributed by atoms with E-state index in [0.29, 0.717) is 11.1 Å². The van der Waals surface area contributed by atoms with E-state index in [1.807, 2.05) is 13.8 Å². The lowest BCUT2D eigenvalue weighted by molar-refractivity contribution is -0.117. The van der Waals surface area contributed by atoms with Crippen molar-refractivity contribution in [2.24, 2.45) is 5.73 Å². The number of benzene rings is 1. The van der Waals surface area contributed by atoms with E-state index >= 15 is 0 Å². The highest BCUT2D eigenvalue weighted by atomic mass is 16.5. The highest BCUT2D eigenvalue weighted by molar-refractivity contribution is 6.06. The zero-order chi connectivity index (χ0) is 16.3. The van der Waals surface area contributed by atoms with Gasteiger partial charge in [0.05, 0.1) is 18.2 Å². The first-order chi connectivity index (χ1) is 10.4. The minimum absolute atomic E-state index is 0.0359. The van der Waals surface area contributed by atoms with Gasteiger partial charge in [-0.2, -0.15) is 0 Å². The Bertz CT molecular complexity index is 779. The largest absolute Gasteiger partial charge is 0.491 e. The van der Waals surface area contributed by atoms with Gasteiger partial charge in [-0.05, 0) is 26.0 Å². The quantitative estimate of drug-likeness (QED) is 0.793. The lowest BCUT2D eigenvalue weighted by Gasteiger charge is -2.11. The molecule has 0 bridgehead atoms. The minimum atomic E-state index is -0.673. The van der Waals surface area contributed by atoms with Crippen molar-refractivity contribution < 1.29 is 18.7 Å². The number of fused-ring (bicyclic) bond motifs is 1. The molecule has 0 unspecified atom stereocenters. The Balaban J connectivity index is 2.44. The number of carbonyl (C=O) groups excluding carboxylic acids is 2. The summed E-state index contributed by atoms with van der Waals surface area (Å²) < 4.78 is 10.6. The van der Waals surface area contributed by atoms with Gasteiger partial charge in [-0.15, -0.1) is 0 Å². The highest BCUT2D eigenvalue weighted by Gasteiger charge is 2.14. The summed E-state index contributed by atoms with van der Waals surface area (Å²) in [4.78, 5) is 34.4. The van der Waals surface area contributed by atoms with Gasteiger partial charge in [0.2, 0.25) is 5.91 Å². The third kappa shape index (κ3) is 3.63. The number of hydrogen-bond donors (Lipinski definition) is 2. The van der Waals surface area contributed by atoms with Crippen LogP contribution in [0.4, 0.5) is 0 Å². The summed E-state index contributed by atoms with van der Waals surface area (Å²) in [6.07, 6.45) is -0.0359. The van der Waals surface area contributed by atoms with E-state index in [0.717, 1.165) is 6.07 Å². The molecule has 2 rings (SSSR count). The second-order valence-corrected chi connectivity index (χ2v) is 4.95. The van der Waals surface area contributed by atoms with Crippen molar-refractivity contribution in [1.29, 1.82) is 0 Å². The van der Waals surface area contributed by atoms with Crippen LogP contribution >= 0.6 is 0 Å². The second-order valence-electron chi connectivity index (χ2n) is 4.95. The lowest BCUT2D eigenvalue weighted by Crippen LogP contribution is -2.33. The third-order valence-electron chi connectivity index (χ3n) is 2.76. The van der Waals surface area contributed by atoms with Crippen LogP contribution in [0.15, 0.2) is 33.5 Å². The number of rotatable bonds is 5. The molecular weight excluding hydrogens is 288 g/mol. The fourth-order valence-corrected chi connectivity index (χ4v) is 1.94. The van der Waals surface area contributed by atoms with Crippen molar-refractivity contribution in [1.82, 2.24) is 5.32 Å². The van der Waals surface area contributed by atoms with Crippen LogP contribution < -0.4 is 21.4 Å². The Labute approximate surface area is 126 Å². The Hall–Kier alpha value is -2.83. The summed E-state index contributed by atoms with van der Waals surface area (Å²) in [5.41, 5.74) is 4.65. The molecular formula is C15H16N2O5. The maximum atomic E-state index is 12.0. The molecule has 2 aromatic rings. The van der Waals surface area contributed by atoms with Crippen molar-refractivity contribution >= 4 is 22.8 Å². The van der Waals surface area contributed by atoms with Gasteiger partial charge < -0.3 is 20.2 Å². The number of hydrogen-bond acceptors (Lipinski definition) is 5. The fourth-order valence-electron chi connectivity index (χ4n) is 1.94. The molecule has 1 aromatic heterocycles. The molecule has 1 heterocycles. The van der Waals surface area contributed by atoms with E-state index in [2.05, 4.69) is 5.32 Å². The van der Waals surface area contributed by atoms with Crippen molar-refractivity contribution in [3.05, 3.63) is 40.2 Å². The molecule has 7 heteroatoms. The van der Waals surface area contributed by atoms with Crippen LogP contribution in [0.25, 0.3) is 11.0 Å². The molecule has 0 spiro atoms. The molecule has 22 heavy (non-hydrogen) atoms. The van der Waals surface area contributed by atoms with Gasteiger partial charge in [0, 0.05) is 17.5 Å². The molecule has 7 nitrogen and oxygen atoms in total. The van der Waals surface area contributed by atoms with Crippen LogP contribution in [0.2, 0.25) is 0 Å². The predicted molar refractivity (Wildman–Crippen MR) is 79.8 cm³/mol. The van der Waals surface area contributed by atoms with Gasteiger partial charge >= 0.3 is 5.63 Å². The van der Waals surface area contributed by atoms with Crippen LogP contribution in [-0.4, -0.2) is 24.5 Å². The SMILES string of the molecule is CC(C)Oc1ccc2c(C(=O)NCC(N)=O)cc(=O)oc2c1. The molecule has 0 aliphatic heterocycles. The van der Waals surface area contributed by atoms with E-state index in [4.69, 9.17) is 14.9 Å². The normalized spacial score (nSPS) is 10.7. The zero-order valence-corrected chi connectivity index (χ0v) is 12.2. The maximum Gasteiger partial charge on any atom is 0.337 e. The molecule has 116 valence electrons. The van der Waals surface area contributed by atoms with Gasteiger partial charge in [-0.1, -0.05) is 0 Å². The molecule has 0 aliphatic rings. The van der Waals surface area contributed by atoms with Crippen LogP contribution in [0.3, 0.4) is 0 Å². The van der Waals surface area contributed by atoms with Crippen molar-refractivity contribution in [3.8, 4) is 5.75 Å². The Morgan fingerprint density at radius 2 is 2.05 bits per heavy atom. The van der Waals surface area contributed by atoms with E-state index in [-0.39, 0.29) is 23.8 Å². The average Bonchev–Trinajstić information content (AvgIpc) is 2.42. The molecule has 0 fully saturated rings. The number of nitrogens with one attached hydrogen (secondary N) is 1. The van der Waals surface area contributed by atoms with Crippen LogP contribution in [-0.2, 0) is 4.79 Å². The third-order valence-corrected chi connectivity index (χ3v) is 2.76.